The first kappa shape index (κ1) is 13.9. The van der Waals surface area contributed by atoms with Crippen LogP contribution in [0.5, 0.6) is 0 Å². The molecule has 6 heteroatoms. The lowest BCUT2D eigenvalue weighted by Crippen LogP contribution is -2.42. The van der Waals surface area contributed by atoms with Gasteiger partial charge in [-0.15, -0.1) is 0 Å². The topological polar surface area (TPSA) is 76.1 Å². The number of ether oxygens (including phenoxy) is 2. The maximum atomic E-state index is 11.7. The summed E-state index contributed by atoms with van der Waals surface area (Å²) in [4.78, 5) is 24.0. The summed E-state index contributed by atoms with van der Waals surface area (Å²) in [5.74, 6) is -1.16. The van der Waals surface area contributed by atoms with E-state index in [0.717, 1.165) is 0 Å². The zero-order chi connectivity index (χ0) is 12.7. The third-order valence-corrected chi connectivity index (χ3v) is 2.85. The van der Waals surface area contributed by atoms with Crippen molar-refractivity contribution in [2.45, 2.75) is 12.8 Å². The number of hydrogen-bond acceptors (Lipinski definition) is 4. The third-order valence-electron chi connectivity index (χ3n) is 2.85. The molecular weight excluding hydrogens is 226 g/mol. The van der Waals surface area contributed by atoms with Crippen LogP contribution in [0.15, 0.2) is 0 Å². The number of carbonyl (C=O) groups is 2. The fraction of sp³-hybridized carbons (Fsp3) is 0.818. The molecule has 98 valence electrons. The molecule has 0 atom stereocenters. The summed E-state index contributed by atoms with van der Waals surface area (Å²) < 4.78 is 9.93. The molecule has 0 aromatic rings. The monoisotopic (exact) mass is 245 g/mol. The van der Waals surface area contributed by atoms with Crippen molar-refractivity contribution in [1.29, 1.82) is 0 Å². The predicted octanol–water partition coefficient (Wildman–Crippen LogP) is -0.0274. The number of piperidine rings is 1. The summed E-state index contributed by atoms with van der Waals surface area (Å²) in [7, 11) is 1.57. The van der Waals surface area contributed by atoms with Crippen molar-refractivity contribution >= 4 is 11.9 Å². The number of carboxylic acid groups (broad SMARTS) is 1. The van der Waals surface area contributed by atoms with Crippen molar-refractivity contribution in [2.75, 3.05) is 40.0 Å². The van der Waals surface area contributed by atoms with Gasteiger partial charge in [0.2, 0.25) is 5.91 Å². The van der Waals surface area contributed by atoms with Crippen molar-refractivity contribution in [1.82, 2.24) is 4.90 Å². The van der Waals surface area contributed by atoms with Crippen LogP contribution in [0, 0.1) is 5.92 Å². The lowest BCUT2D eigenvalue weighted by atomic mass is 9.97. The summed E-state index contributed by atoms with van der Waals surface area (Å²) in [6.45, 7) is 1.91. The Labute approximate surface area is 100 Å². The van der Waals surface area contributed by atoms with Crippen LogP contribution in [-0.4, -0.2) is 61.9 Å². The fourth-order valence-electron chi connectivity index (χ4n) is 1.77. The molecular formula is C11H19NO5. The summed E-state index contributed by atoms with van der Waals surface area (Å²) in [6.07, 6.45) is 1.05. The van der Waals surface area contributed by atoms with Gasteiger partial charge in [-0.05, 0) is 12.8 Å². The van der Waals surface area contributed by atoms with Gasteiger partial charge in [0.15, 0.2) is 0 Å². The Morgan fingerprint density at radius 2 is 1.94 bits per heavy atom. The van der Waals surface area contributed by atoms with Gasteiger partial charge in [-0.1, -0.05) is 0 Å². The molecule has 0 spiro atoms. The van der Waals surface area contributed by atoms with Crippen LogP contribution in [0.25, 0.3) is 0 Å². The molecule has 0 aromatic carbocycles. The molecule has 1 fully saturated rings. The highest BCUT2D eigenvalue weighted by atomic mass is 16.5. The quantitative estimate of drug-likeness (QED) is 0.665. The molecule has 0 aliphatic carbocycles. The largest absolute Gasteiger partial charge is 0.481 e. The number of hydrogen-bond donors (Lipinski definition) is 1. The van der Waals surface area contributed by atoms with E-state index in [1.807, 2.05) is 0 Å². The number of amides is 1. The van der Waals surface area contributed by atoms with Gasteiger partial charge in [-0.25, -0.2) is 0 Å². The van der Waals surface area contributed by atoms with Gasteiger partial charge in [0.05, 0.1) is 19.1 Å². The molecule has 0 bridgehead atoms. The summed E-state index contributed by atoms with van der Waals surface area (Å²) in [6, 6.07) is 0. The Hall–Kier alpha value is -1.14. The highest BCUT2D eigenvalue weighted by molar-refractivity contribution is 5.78. The highest BCUT2D eigenvalue weighted by Crippen LogP contribution is 2.17. The second-order valence-electron chi connectivity index (χ2n) is 4.04. The van der Waals surface area contributed by atoms with Crippen molar-refractivity contribution < 1.29 is 24.2 Å². The molecule has 0 radical (unpaired) electrons. The zero-order valence-corrected chi connectivity index (χ0v) is 10.1. The summed E-state index contributed by atoms with van der Waals surface area (Å²) in [5, 5.41) is 8.82. The van der Waals surface area contributed by atoms with E-state index in [1.54, 1.807) is 12.0 Å². The summed E-state index contributed by atoms with van der Waals surface area (Å²) in [5.41, 5.74) is 0. The standard InChI is InChI=1S/C11H19NO5/c1-16-6-7-17-8-10(13)12-4-2-9(3-5-12)11(14)15/h9H,2-8H2,1H3,(H,14,15). The van der Waals surface area contributed by atoms with E-state index in [9.17, 15) is 9.59 Å². The molecule has 1 aliphatic heterocycles. The zero-order valence-electron chi connectivity index (χ0n) is 10.1. The third kappa shape index (κ3) is 4.70. The predicted molar refractivity (Wildman–Crippen MR) is 59.6 cm³/mol. The van der Waals surface area contributed by atoms with Crippen molar-refractivity contribution in [3.8, 4) is 0 Å². The first-order chi connectivity index (χ1) is 8.15. The maximum Gasteiger partial charge on any atom is 0.306 e. The Bertz CT molecular complexity index is 261. The van der Waals surface area contributed by atoms with Gasteiger partial charge >= 0.3 is 5.97 Å². The molecule has 1 N–H and O–H groups in total. The van der Waals surface area contributed by atoms with Crippen LogP contribution in [0.2, 0.25) is 0 Å². The van der Waals surface area contributed by atoms with Gasteiger partial charge < -0.3 is 19.5 Å². The minimum absolute atomic E-state index is 0.0428. The molecule has 6 nitrogen and oxygen atoms in total. The van der Waals surface area contributed by atoms with Crippen LogP contribution in [0.3, 0.4) is 0 Å². The molecule has 0 saturated carbocycles. The van der Waals surface area contributed by atoms with E-state index in [1.165, 1.54) is 0 Å². The highest BCUT2D eigenvalue weighted by Gasteiger charge is 2.26. The maximum absolute atomic E-state index is 11.7. The number of likely N-dealkylation sites (tertiary alicyclic amines) is 1. The number of rotatable bonds is 6. The van der Waals surface area contributed by atoms with E-state index in [0.29, 0.717) is 39.1 Å². The number of methoxy groups -OCH3 is 1. The lowest BCUT2D eigenvalue weighted by Gasteiger charge is -2.30. The van der Waals surface area contributed by atoms with E-state index in [4.69, 9.17) is 14.6 Å². The number of carbonyl (C=O) groups excluding carboxylic acids is 1. The minimum atomic E-state index is -0.770. The van der Waals surface area contributed by atoms with Crippen molar-refractivity contribution in [3.05, 3.63) is 0 Å². The first-order valence-corrected chi connectivity index (χ1v) is 5.72. The molecule has 1 aliphatic rings. The summed E-state index contributed by atoms with van der Waals surface area (Å²) >= 11 is 0. The fourth-order valence-corrected chi connectivity index (χ4v) is 1.77. The lowest BCUT2D eigenvalue weighted by molar-refractivity contribution is -0.147. The van der Waals surface area contributed by atoms with E-state index in [-0.39, 0.29) is 18.4 Å². The van der Waals surface area contributed by atoms with E-state index < -0.39 is 5.97 Å². The molecule has 1 heterocycles. The molecule has 1 amide bonds. The number of carboxylic acids is 1. The van der Waals surface area contributed by atoms with Gasteiger partial charge in [0, 0.05) is 20.2 Å². The Kier molecular flexibility index (Phi) is 5.93. The Balaban J connectivity index is 2.19. The van der Waals surface area contributed by atoms with E-state index >= 15 is 0 Å². The minimum Gasteiger partial charge on any atom is -0.481 e. The van der Waals surface area contributed by atoms with Gasteiger partial charge in [0.25, 0.3) is 0 Å². The van der Waals surface area contributed by atoms with Crippen LogP contribution in [0.4, 0.5) is 0 Å². The average Bonchev–Trinajstić information content (AvgIpc) is 2.34. The molecule has 1 rings (SSSR count). The van der Waals surface area contributed by atoms with Gasteiger partial charge in [0.1, 0.15) is 6.61 Å². The Morgan fingerprint density at radius 3 is 2.47 bits per heavy atom. The molecule has 0 unspecified atom stereocenters. The molecule has 0 aromatic heterocycles. The van der Waals surface area contributed by atoms with Crippen LogP contribution < -0.4 is 0 Å². The van der Waals surface area contributed by atoms with Crippen molar-refractivity contribution in [3.63, 3.8) is 0 Å². The number of nitrogens with zero attached hydrogens (tertiary/aromatic N) is 1. The van der Waals surface area contributed by atoms with Crippen molar-refractivity contribution in [2.24, 2.45) is 5.92 Å². The smallest absolute Gasteiger partial charge is 0.306 e. The SMILES string of the molecule is COCCOCC(=O)N1CCC(C(=O)O)CC1. The number of aliphatic carboxylic acids is 1. The van der Waals surface area contributed by atoms with Gasteiger partial charge in [-0.3, -0.25) is 9.59 Å². The molecule has 1 saturated heterocycles. The van der Waals surface area contributed by atoms with Crippen LogP contribution >= 0.6 is 0 Å². The molecule has 17 heavy (non-hydrogen) atoms. The normalized spacial score (nSPS) is 17.1. The first-order valence-electron chi connectivity index (χ1n) is 5.72. The van der Waals surface area contributed by atoms with Gasteiger partial charge in [-0.2, -0.15) is 0 Å². The second kappa shape index (κ2) is 7.24. The van der Waals surface area contributed by atoms with Crippen LogP contribution in [-0.2, 0) is 19.1 Å². The van der Waals surface area contributed by atoms with E-state index in [2.05, 4.69) is 0 Å². The van der Waals surface area contributed by atoms with Crippen LogP contribution in [0.1, 0.15) is 12.8 Å². The second-order valence-corrected chi connectivity index (χ2v) is 4.04. The Morgan fingerprint density at radius 1 is 1.29 bits per heavy atom. The average molecular weight is 245 g/mol.